The SMILES string of the molecule is CCCCCc1cc(C)c2c(c1)CC(C)(C)C1(C)CCC(C)=CC21. The molecule has 0 radical (unpaired) electrons. The van der Waals surface area contributed by atoms with Crippen molar-refractivity contribution in [3.8, 4) is 0 Å². The number of allylic oxidation sites excluding steroid dienone is 2. The largest absolute Gasteiger partial charge is 0.0775 e. The molecular weight excluding hydrogens is 288 g/mol. The van der Waals surface area contributed by atoms with Crippen molar-refractivity contribution in [2.75, 3.05) is 0 Å². The summed E-state index contributed by atoms with van der Waals surface area (Å²) in [5.41, 5.74) is 8.76. The quantitative estimate of drug-likeness (QED) is 0.408. The molecule has 132 valence electrons. The standard InChI is InChI=1S/C24H36/c1-7-8-9-10-19-14-18(3)22-20(15-19)16-23(4,5)24(6)12-11-17(2)13-21(22)24/h13-15,21H,7-12,16H2,1-6H3. The summed E-state index contributed by atoms with van der Waals surface area (Å²) in [5.74, 6) is 0.606. The maximum absolute atomic E-state index is 2.60. The minimum absolute atomic E-state index is 0.371. The zero-order chi connectivity index (χ0) is 17.5. The van der Waals surface area contributed by atoms with Crippen molar-refractivity contribution in [3.05, 3.63) is 46.0 Å². The Morgan fingerprint density at radius 2 is 1.83 bits per heavy atom. The van der Waals surface area contributed by atoms with E-state index < -0.39 is 0 Å². The first-order valence-corrected chi connectivity index (χ1v) is 10.1. The van der Waals surface area contributed by atoms with Crippen molar-refractivity contribution in [2.45, 2.75) is 92.4 Å². The molecule has 0 spiro atoms. The van der Waals surface area contributed by atoms with Crippen LogP contribution in [0.4, 0.5) is 0 Å². The topological polar surface area (TPSA) is 0 Å². The molecule has 3 rings (SSSR count). The molecule has 0 aromatic heterocycles. The molecule has 0 amide bonds. The van der Waals surface area contributed by atoms with Gasteiger partial charge in [-0.3, -0.25) is 0 Å². The van der Waals surface area contributed by atoms with Crippen molar-refractivity contribution >= 4 is 0 Å². The Balaban J connectivity index is 2.05. The Hall–Kier alpha value is -1.04. The molecule has 0 saturated carbocycles. The maximum Gasteiger partial charge on any atom is 0.00850 e. The Labute approximate surface area is 149 Å². The molecule has 2 aliphatic rings. The number of aryl methyl sites for hydroxylation is 2. The summed E-state index contributed by atoms with van der Waals surface area (Å²) in [7, 11) is 0. The van der Waals surface area contributed by atoms with Gasteiger partial charge < -0.3 is 0 Å². The van der Waals surface area contributed by atoms with Crippen molar-refractivity contribution in [1.82, 2.24) is 0 Å². The smallest absolute Gasteiger partial charge is 0.00850 e. The van der Waals surface area contributed by atoms with Gasteiger partial charge in [-0.1, -0.05) is 64.3 Å². The van der Waals surface area contributed by atoms with Crippen LogP contribution >= 0.6 is 0 Å². The van der Waals surface area contributed by atoms with E-state index in [9.17, 15) is 0 Å². The molecule has 0 bridgehead atoms. The van der Waals surface area contributed by atoms with Gasteiger partial charge in [-0.25, -0.2) is 0 Å². The molecule has 0 nitrogen and oxygen atoms in total. The van der Waals surface area contributed by atoms with E-state index in [1.165, 1.54) is 50.5 Å². The van der Waals surface area contributed by atoms with Crippen molar-refractivity contribution in [1.29, 1.82) is 0 Å². The fourth-order valence-electron chi connectivity index (χ4n) is 5.27. The first kappa shape index (κ1) is 17.8. The van der Waals surface area contributed by atoms with Crippen LogP contribution in [0.3, 0.4) is 0 Å². The van der Waals surface area contributed by atoms with Gasteiger partial charge in [0.1, 0.15) is 0 Å². The lowest BCUT2D eigenvalue weighted by molar-refractivity contribution is 0.0419. The number of rotatable bonds is 4. The van der Waals surface area contributed by atoms with Crippen molar-refractivity contribution in [3.63, 3.8) is 0 Å². The highest BCUT2D eigenvalue weighted by Gasteiger charge is 2.51. The minimum atomic E-state index is 0.371. The third kappa shape index (κ3) is 2.87. The molecule has 0 N–H and O–H groups in total. The van der Waals surface area contributed by atoms with Crippen LogP contribution in [0.2, 0.25) is 0 Å². The van der Waals surface area contributed by atoms with Crippen LogP contribution in [0.1, 0.15) is 94.9 Å². The van der Waals surface area contributed by atoms with Crippen LogP contribution in [-0.4, -0.2) is 0 Å². The predicted octanol–water partition coefficient (Wildman–Crippen LogP) is 7.14. The fraction of sp³-hybridized carbons (Fsp3) is 0.667. The highest BCUT2D eigenvalue weighted by atomic mass is 14.5. The van der Waals surface area contributed by atoms with Crippen LogP contribution < -0.4 is 0 Å². The summed E-state index contributed by atoms with van der Waals surface area (Å²) in [6.45, 7) is 14.6. The number of hydrogen-bond acceptors (Lipinski definition) is 0. The lowest BCUT2D eigenvalue weighted by Crippen LogP contribution is -2.46. The monoisotopic (exact) mass is 324 g/mol. The fourth-order valence-corrected chi connectivity index (χ4v) is 5.27. The second-order valence-electron chi connectivity index (χ2n) is 9.41. The first-order valence-electron chi connectivity index (χ1n) is 10.1. The van der Waals surface area contributed by atoms with Crippen molar-refractivity contribution < 1.29 is 0 Å². The number of hydrogen-bond donors (Lipinski definition) is 0. The van der Waals surface area contributed by atoms with E-state index in [-0.39, 0.29) is 0 Å². The zero-order valence-electron chi connectivity index (χ0n) is 16.8. The summed E-state index contributed by atoms with van der Waals surface area (Å²) in [5, 5.41) is 0. The van der Waals surface area contributed by atoms with Crippen LogP contribution in [0.5, 0.6) is 0 Å². The lowest BCUT2D eigenvalue weighted by Gasteiger charge is -2.55. The van der Waals surface area contributed by atoms with E-state index in [1.54, 1.807) is 22.3 Å². The molecule has 2 unspecified atom stereocenters. The van der Waals surface area contributed by atoms with Gasteiger partial charge in [0.25, 0.3) is 0 Å². The van der Waals surface area contributed by atoms with E-state index in [4.69, 9.17) is 0 Å². The van der Waals surface area contributed by atoms with Crippen LogP contribution in [-0.2, 0) is 12.8 Å². The van der Waals surface area contributed by atoms with Gasteiger partial charge in [0.2, 0.25) is 0 Å². The van der Waals surface area contributed by atoms with E-state index in [0.29, 0.717) is 16.7 Å². The van der Waals surface area contributed by atoms with E-state index in [2.05, 4.69) is 59.8 Å². The highest BCUT2D eigenvalue weighted by Crippen LogP contribution is 2.61. The molecular formula is C24H36. The highest BCUT2D eigenvalue weighted by molar-refractivity contribution is 5.48. The lowest BCUT2D eigenvalue weighted by atomic mass is 9.49. The summed E-state index contributed by atoms with van der Waals surface area (Å²) in [4.78, 5) is 0. The molecule has 0 heteroatoms. The molecule has 1 aromatic rings. The second kappa shape index (κ2) is 6.36. The van der Waals surface area contributed by atoms with Gasteiger partial charge >= 0.3 is 0 Å². The van der Waals surface area contributed by atoms with Crippen LogP contribution in [0, 0.1) is 17.8 Å². The minimum Gasteiger partial charge on any atom is -0.0775 e. The van der Waals surface area contributed by atoms with E-state index in [1.807, 2.05) is 0 Å². The maximum atomic E-state index is 2.60. The molecule has 1 aromatic carbocycles. The summed E-state index contributed by atoms with van der Waals surface area (Å²) < 4.78 is 0. The molecule has 24 heavy (non-hydrogen) atoms. The van der Waals surface area contributed by atoms with Crippen LogP contribution in [0.25, 0.3) is 0 Å². The predicted molar refractivity (Wildman–Crippen MR) is 106 cm³/mol. The zero-order valence-corrected chi connectivity index (χ0v) is 16.8. The Bertz CT molecular complexity index is 646. The van der Waals surface area contributed by atoms with Gasteiger partial charge in [-0.15, -0.1) is 0 Å². The van der Waals surface area contributed by atoms with Crippen LogP contribution in [0.15, 0.2) is 23.8 Å². The number of benzene rings is 1. The number of unbranched alkanes of at least 4 members (excludes halogenated alkanes) is 2. The molecule has 0 saturated heterocycles. The van der Waals surface area contributed by atoms with Gasteiger partial charge in [0.15, 0.2) is 0 Å². The molecule has 0 aliphatic heterocycles. The first-order chi connectivity index (χ1) is 11.3. The second-order valence-corrected chi connectivity index (χ2v) is 9.41. The number of fused-ring (bicyclic) bond motifs is 3. The van der Waals surface area contributed by atoms with E-state index in [0.717, 1.165) is 0 Å². The molecule has 2 aliphatic carbocycles. The van der Waals surface area contributed by atoms with E-state index >= 15 is 0 Å². The van der Waals surface area contributed by atoms with Gasteiger partial charge in [0.05, 0.1) is 0 Å². The Morgan fingerprint density at radius 3 is 2.54 bits per heavy atom. The normalized spacial score (nSPS) is 28.1. The third-order valence-corrected chi connectivity index (χ3v) is 7.27. The van der Waals surface area contributed by atoms with Crippen molar-refractivity contribution in [2.24, 2.45) is 10.8 Å². The third-order valence-electron chi connectivity index (χ3n) is 7.27. The summed E-state index contributed by atoms with van der Waals surface area (Å²) in [6, 6.07) is 5.04. The van der Waals surface area contributed by atoms with Gasteiger partial charge in [0, 0.05) is 5.92 Å². The van der Waals surface area contributed by atoms with Gasteiger partial charge in [-0.2, -0.15) is 0 Å². The molecule has 0 fully saturated rings. The van der Waals surface area contributed by atoms with Gasteiger partial charge in [-0.05, 0) is 79.0 Å². The Morgan fingerprint density at radius 1 is 1.08 bits per heavy atom. The summed E-state index contributed by atoms with van der Waals surface area (Å²) >= 11 is 0. The Kier molecular flexibility index (Phi) is 4.71. The average molecular weight is 325 g/mol. The average Bonchev–Trinajstić information content (AvgIpc) is 2.49. The molecule has 2 atom stereocenters. The molecule has 0 heterocycles. The summed E-state index contributed by atoms with van der Waals surface area (Å²) in [6.07, 6.45) is 11.7.